The predicted octanol–water partition coefficient (Wildman–Crippen LogP) is 1.34. The van der Waals surface area contributed by atoms with E-state index in [2.05, 4.69) is 17.6 Å². The van der Waals surface area contributed by atoms with E-state index in [4.69, 9.17) is 0 Å². The van der Waals surface area contributed by atoms with E-state index in [-0.39, 0.29) is 29.6 Å². The summed E-state index contributed by atoms with van der Waals surface area (Å²) in [4.78, 5) is 34.7. The Kier molecular flexibility index (Phi) is 7.75. The van der Waals surface area contributed by atoms with Gasteiger partial charge in [0.2, 0.25) is 11.8 Å². The third-order valence-corrected chi connectivity index (χ3v) is 3.38. The van der Waals surface area contributed by atoms with Crippen LogP contribution in [0.4, 0.5) is 4.79 Å². The Labute approximate surface area is 130 Å². The van der Waals surface area contributed by atoms with Gasteiger partial charge in [-0.15, -0.1) is 0 Å². The smallest absolute Gasteiger partial charge is 0.277 e. The van der Waals surface area contributed by atoms with Crippen molar-refractivity contribution in [1.29, 1.82) is 0 Å². The number of hydrogen-bond donors (Lipinski definition) is 2. The van der Waals surface area contributed by atoms with Crippen molar-refractivity contribution in [2.75, 3.05) is 0 Å². The van der Waals surface area contributed by atoms with Crippen LogP contribution >= 0.6 is 0 Å². The van der Waals surface area contributed by atoms with Crippen molar-refractivity contribution in [3.05, 3.63) is 0 Å². The van der Waals surface area contributed by atoms with Crippen LogP contribution < -0.4 is 10.6 Å². The van der Waals surface area contributed by atoms with Crippen LogP contribution in [0.15, 0.2) is 0 Å². The van der Waals surface area contributed by atoms with Crippen molar-refractivity contribution in [2.24, 2.45) is 5.41 Å². The van der Waals surface area contributed by atoms with Crippen LogP contribution in [-0.4, -0.2) is 47.4 Å². The van der Waals surface area contributed by atoms with Crippen molar-refractivity contribution >= 4 is 47.4 Å². The molecule has 0 aromatic rings. The van der Waals surface area contributed by atoms with Crippen molar-refractivity contribution < 1.29 is 14.4 Å². The van der Waals surface area contributed by atoms with Gasteiger partial charge >= 0.3 is 6.03 Å². The van der Waals surface area contributed by atoms with E-state index < -0.39 is 23.3 Å². The number of rotatable bonds is 6. The normalized spacial score (nSPS) is 17.8. The molecule has 1 radical (unpaired) electrons. The molecule has 1 fully saturated rings. The predicted molar refractivity (Wildman–Crippen MR) is 68.9 cm³/mol. The zero-order valence-corrected chi connectivity index (χ0v) is 13.5. The van der Waals surface area contributed by atoms with E-state index >= 15 is 0 Å². The van der Waals surface area contributed by atoms with Gasteiger partial charge in [0, 0.05) is 29.6 Å². The fraction of sp³-hybridized carbons (Fsp3) is 0.750. The molecule has 1 aliphatic rings. The van der Waals surface area contributed by atoms with Gasteiger partial charge in [-0.2, -0.15) is 0 Å². The minimum absolute atomic E-state index is 0. The third kappa shape index (κ3) is 3.80. The van der Waals surface area contributed by atoms with E-state index in [0.717, 1.165) is 25.7 Å². The molecule has 1 aliphatic heterocycles. The summed E-state index contributed by atoms with van der Waals surface area (Å²) in [6, 6.07) is -0.711. The number of barbiturate groups is 1. The summed E-state index contributed by atoms with van der Waals surface area (Å²) in [5.74, 6) is -0.907. The van der Waals surface area contributed by atoms with Gasteiger partial charge in [0.25, 0.3) is 0 Å². The first-order valence-electron chi connectivity index (χ1n) is 6.23. The third-order valence-electron chi connectivity index (χ3n) is 3.38. The van der Waals surface area contributed by atoms with Gasteiger partial charge in [-0.05, 0) is 12.8 Å². The first-order valence-corrected chi connectivity index (χ1v) is 6.23. The number of urea groups is 1. The number of unbranched alkanes of at least 4 members (excludes halogenated alkanes) is 3. The van der Waals surface area contributed by atoms with Crippen LogP contribution in [0.25, 0.3) is 0 Å². The molecule has 0 bridgehead atoms. The number of amides is 4. The molecule has 0 saturated carbocycles. The van der Waals surface area contributed by atoms with Crippen LogP contribution in [0.2, 0.25) is 0 Å². The van der Waals surface area contributed by atoms with E-state index in [1.54, 1.807) is 6.92 Å². The number of carbonyl (C=O) groups is 3. The Morgan fingerprint density at radius 2 is 1.50 bits per heavy atom. The molecule has 18 heavy (non-hydrogen) atoms. The van der Waals surface area contributed by atoms with E-state index in [9.17, 15) is 14.4 Å². The van der Waals surface area contributed by atoms with Gasteiger partial charge in [0.15, 0.2) is 0 Å². The topological polar surface area (TPSA) is 75.3 Å². The molecule has 4 amide bonds. The molecule has 97 valence electrons. The van der Waals surface area contributed by atoms with Gasteiger partial charge < -0.3 is 0 Å². The summed E-state index contributed by atoms with van der Waals surface area (Å²) in [6.45, 7) is 3.91. The molecule has 0 aromatic heterocycles. The zero-order chi connectivity index (χ0) is 12.9. The number of imide groups is 2. The molecule has 0 aromatic carbocycles. The van der Waals surface area contributed by atoms with E-state index in [1.807, 2.05) is 0 Å². The summed E-state index contributed by atoms with van der Waals surface area (Å²) in [6.07, 6.45) is 4.97. The van der Waals surface area contributed by atoms with Crippen molar-refractivity contribution in [2.45, 2.75) is 52.4 Å². The molecule has 0 unspecified atom stereocenters. The minimum Gasteiger partial charge on any atom is -0.277 e. The van der Waals surface area contributed by atoms with Gasteiger partial charge in [0.1, 0.15) is 5.41 Å². The van der Waals surface area contributed by atoms with Gasteiger partial charge in [-0.25, -0.2) is 4.79 Å². The summed E-state index contributed by atoms with van der Waals surface area (Å²) >= 11 is 0. The summed E-state index contributed by atoms with van der Waals surface area (Å²) in [7, 11) is 0. The van der Waals surface area contributed by atoms with Crippen molar-refractivity contribution in [3.63, 3.8) is 0 Å². The second-order valence-corrected chi connectivity index (χ2v) is 4.48. The molecular weight excluding hydrogens is 243 g/mol. The number of hydrogen-bond acceptors (Lipinski definition) is 3. The average Bonchev–Trinajstić information content (AvgIpc) is 2.27. The molecule has 1 heterocycles. The second-order valence-electron chi connectivity index (χ2n) is 4.48. The van der Waals surface area contributed by atoms with Crippen LogP contribution in [0.3, 0.4) is 0 Å². The fourth-order valence-electron chi connectivity index (χ4n) is 2.16. The van der Waals surface area contributed by atoms with E-state index in [0.29, 0.717) is 12.8 Å². The first kappa shape index (κ1) is 17.6. The zero-order valence-electron chi connectivity index (χ0n) is 11.5. The molecule has 5 nitrogen and oxygen atoms in total. The molecule has 0 aliphatic carbocycles. The van der Waals surface area contributed by atoms with Gasteiger partial charge in [0.05, 0.1) is 0 Å². The first-order chi connectivity index (χ1) is 8.06. The second kappa shape index (κ2) is 7.92. The maximum atomic E-state index is 11.8. The van der Waals surface area contributed by atoms with Crippen molar-refractivity contribution in [3.8, 4) is 0 Å². The van der Waals surface area contributed by atoms with E-state index in [1.165, 1.54) is 0 Å². The maximum absolute atomic E-state index is 11.8. The van der Waals surface area contributed by atoms with Gasteiger partial charge in [-0.3, -0.25) is 20.2 Å². The van der Waals surface area contributed by atoms with Crippen LogP contribution in [0.1, 0.15) is 52.4 Å². The Morgan fingerprint density at radius 1 is 0.944 bits per heavy atom. The molecule has 0 atom stereocenters. The number of nitrogens with one attached hydrogen (secondary N) is 2. The molecule has 1 rings (SSSR count). The van der Waals surface area contributed by atoms with Gasteiger partial charge in [-0.1, -0.05) is 39.5 Å². The SMILES string of the molecule is CCCCCCC1(CC)C(=O)NC(=O)NC1=O.[Na]. The fourth-order valence-corrected chi connectivity index (χ4v) is 2.16. The van der Waals surface area contributed by atoms with Crippen molar-refractivity contribution in [1.82, 2.24) is 10.6 Å². The number of carbonyl (C=O) groups excluding carboxylic acids is 3. The minimum atomic E-state index is -1.05. The average molecular weight is 263 g/mol. The Balaban J connectivity index is 0.00000289. The van der Waals surface area contributed by atoms with Crippen LogP contribution in [0, 0.1) is 5.41 Å². The summed E-state index contributed by atoms with van der Waals surface area (Å²) < 4.78 is 0. The van der Waals surface area contributed by atoms with Crippen LogP contribution in [0.5, 0.6) is 0 Å². The Morgan fingerprint density at radius 3 is 1.94 bits per heavy atom. The maximum Gasteiger partial charge on any atom is 0.328 e. The summed E-state index contributed by atoms with van der Waals surface area (Å²) in [5.41, 5.74) is -1.05. The molecule has 6 heteroatoms. The largest absolute Gasteiger partial charge is 0.328 e. The Bertz CT molecular complexity index is 311. The molecule has 1 saturated heterocycles. The van der Waals surface area contributed by atoms with Crippen LogP contribution in [-0.2, 0) is 9.59 Å². The quantitative estimate of drug-likeness (QED) is 0.431. The monoisotopic (exact) mass is 263 g/mol. The molecular formula is C12H20N2NaO3. The molecule has 2 N–H and O–H groups in total. The summed E-state index contributed by atoms with van der Waals surface area (Å²) in [5, 5.41) is 4.37. The molecule has 0 spiro atoms. The standard InChI is InChI=1S/C12H20N2O3.Na/c1-3-5-6-7-8-12(4-2)9(15)13-11(17)14-10(12)16;/h3-8H2,1-2H3,(H2,13,14,15,16,17);. The Hall–Kier alpha value is -0.390.